The SMILES string of the molecule is CC1NCCO[C@H]1c1cc(C(C)(C)C#N)c2[nH]nc(-c3ccnn3C3CCCCO3)c2n1. The first-order chi connectivity index (χ1) is 15.5. The first-order valence-electron chi connectivity index (χ1n) is 11.3. The third kappa shape index (κ3) is 3.58. The minimum atomic E-state index is -0.724. The summed E-state index contributed by atoms with van der Waals surface area (Å²) in [6.07, 6.45) is 4.57. The van der Waals surface area contributed by atoms with Crippen LogP contribution in [0, 0.1) is 11.3 Å². The second-order valence-corrected chi connectivity index (χ2v) is 9.14. The van der Waals surface area contributed by atoms with Crippen molar-refractivity contribution in [2.75, 3.05) is 19.8 Å². The van der Waals surface area contributed by atoms with Gasteiger partial charge in [-0.2, -0.15) is 15.5 Å². The Kier molecular flexibility index (Phi) is 5.45. The predicted molar refractivity (Wildman–Crippen MR) is 119 cm³/mol. The summed E-state index contributed by atoms with van der Waals surface area (Å²) in [5, 5.41) is 25.7. The Hall–Kier alpha value is -2.80. The fourth-order valence-corrected chi connectivity index (χ4v) is 4.60. The van der Waals surface area contributed by atoms with Gasteiger partial charge in [0.1, 0.15) is 17.3 Å². The van der Waals surface area contributed by atoms with Crippen LogP contribution >= 0.6 is 0 Å². The van der Waals surface area contributed by atoms with Crippen LogP contribution in [0.2, 0.25) is 0 Å². The highest BCUT2D eigenvalue weighted by atomic mass is 16.5. The van der Waals surface area contributed by atoms with Gasteiger partial charge in [0.05, 0.1) is 35.0 Å². The first-order valence-corrected chi connectivity index (χ1v) is 11.3. The van der Waals surface area contributed by atoms with Gasteiger partial charge in [-0.05, 0) is 52.2 Å². The highest BCUT2D eigenvalue weighted by Gasteiger charge is 2.32. The third-order valence-corrected chi connectivity index (χ3v) is 6.45. The average Bonchev–Trinajstić information content (AvgIpc) is 3.46. The molecule has 0 spiro atoms. The van der Waals surface area contributed by atoms with Crippen LogP contribution in [0.5, 0.6) is 0 Å². The van der Waals surface area contributed by atoms with Crippen LogP contribution in [-0.2, 0) is 14.9 Å². The number of pyridine rings is 1. The van der Waals surface area contributed by atoms with Gasteiger partial charge in [0.2, 0.25) is 0 Å². The number of ether oxygens (including phenoxy) is 2. The van der Waals surface area contributed by atoms with E-state index in [1.165, 1.54) is 0 Å². The number of nitrogens with zero attached hydrogens (tertiary/aromatic N) is 5. The van der Waals surface area contributed by atoms with Gasteiger partial charge in [-0.25, -0.2) is 9.67 Å². The van der Waals surface area contributed by atoms with Crippen molar-refractivity contribution < 1.29 is 9.47 Å². The number of aromatic amines is 1. The van der Waals surface area contributed by atoms with Crippen LogP contribution in [0.25, 0.3) is 22.4 Å². The van der Waals surface area contributed by atoms with Gasteiger partial charge in [-0.3, -0.25) is 5.10 Å². The van der Waals surface area contributed by atoms with Crippen LogP contribution in [0.3, 0.4) is 0 Å². The van der Waals surface area contributed by atoms with Crippen molar-refractivity contribution in [1.82, 2.24) is 30.3 Å². The fraction of sp³-hybridized carbons (Fsp3) is 0.565. The molecule has 0 aliphatic carbocycles. The van der Waals surface area contributed by atoms with Crippen molar-refractivity contribution in [3.8, 4) is 17.5 Å². The Labute approximate surface area is 187 Å². The van der Waals surface area contributed by atoms with Gasteiger partial charge in [0.25, 0.3) is 0 Å². The van der Waals surface area contributed by atoms with E-state index in [-0.39, 0.29) is 18.4 Å². The lowest BCUT2D eigenvalue weighted by molar-refractivity contribution is -0.0383. The molecule has 2 aliphatic rings. The molecule has 168 valence electrons. The number of H-pyrrole nitrogens is 1. The summed E-state index contributed by atoms with van der Waals surface area (Å²) in [7, 11) is 0. The molecule has 5 heterocycles. The van der Waals surface area contributed by atoms with Crippen LogP contribution in [0.4, 0.5) is 0 Å². The molecule has 2 saturated heterocycles. The van der Waals surface area contributed by atoms with E-state index in [4.69, 9.17) is 14.5 Å². The Bertz CT molecular complexity index is 1150. The van der Waals surface area contributed by atoms with Crippen molar-refractivity contribution >= 4 is 11.0 Å². The number of nitriles is 1. The molecular formula is C23H29N7O2. The van der Waals surface area contributed by atoms with E-state index in [0.29, 0.717) is 12.3 Å². The Morgan fingerprint density at radius 3 is 2.88 bits per heavy atom. The second kappa shape index (κ2) is 8.28. The van der Waals surface area contributed by atoms with E-state index < -0.39 is 5.41 Å². The fourth-order valence-electron chi connectivity index (χ4n) is 4.60. The number of aromatic nitrogens is 5. The molecule has 9 heteroatoms. The van der Waals surface area contributed by atoms with E-state index in [2.05, 4.69) is 33.6 Å². The van der Waals surface area contributed by atoms with Crippen molar-refractivity contribution in [3.05, 3.63) is 29.6 Å². The molecule has 5 rings (SSSR count). The number of nitrogens with one attached hydrogen (secondary N) is 2. The summed E-state index contributed by atoms with van der Waals surface area (Å²) in [6.45, 7) is 8.09. The lowest BCUT2D eigenvalue weighted by Crippen LogP contribution is -2.41. The average molecular weight is 436 g/mol. The summed E-state index contributed by atoms with van der Waals surface area (Å²) in [5.74, 6) is 0. The molecule has 0 amide bonds. The van der Waals surface area contributed by atoms with Gasteiger partial charge in [0.15, 0.2) is 6.23 Å². The van der Waals surface area contributed by atoms with Crippen molar-refractivity contribution in [1.29, 1.82) is 5.26 Å². The molecule has 3 aromatic heterocycles. The van der Waals surface area contributed by atoms with Crippen molar-refractivity contribution in [2.24, 2.45) is 0 Å². The van der Waals surface area contributed by atoms with Gasteiger partial charge < -0.3 is 14.8 Å². The molecular weight excluding hydrogens is 406 g/mol. The molecule has 0 radical (unpaired) electrons. The molecule has 2 unspecified atom stereocenters. The maximum Gasteiger partial charge on any atom is 0.150 e. The number of morpholine rings is 1. The summed E-state index contributed by atoms with van der Waals surface area (Å²) in [6, 6.07) is 6.47. The van der Waals surface area contributed by atoms with E-state index in [0.717, 1.165) is 60.4 Å². The summed E-state index contributed by atoms with van der Waals surface area (Å²) < 4.78 is 14.0. The zero-order valence-corrected chi connectivity index (χ0v) is 18.8. The highest BCUT2D eigenvalue weighted by molar-refractivity contribution is 5.91. The quantitative estimate of drug-likeness (QED) is 0.646. The van der Waals surface area contributed by atoms with Crippen molar-refractivity contribution in [3.63, 3.8) is 0 Å². The third-order valence-electron chi connectivity index (χ3n) is 6.45. The minimum Gasteiger partial charge on any atom is -0.369 e. The number of hydrogen-bond acceptors (Lipinski definition) is 7. The maximum absolute atomic E-state index is 9.89. The summed E-state index contributed by atoms with van der Waals surface area (Å²) >= 11 is 0. The van der Waals surface area contributed by atoms with Crippen LogP contribution in [-0.4, -0.2) is 50.8 Å². The zero-order valence-electron chi connectivity index (χ0n) is 18.8. The molecule has 32 heavy (non-hydrogen) atoms. The van der Waals surface area contributed by atoms with E-state index in [1.807, 2.05) is 30.7 Å². The van der Waals surface area contributed by atoms with Crippen LogP contribution < -0.4 is 5.32 Å². The Morgan fingerprint density at radius 1 is 1.25 bits per heavy atom. The molecule has 2 N–H and O–H groups in total. The van der Waals surface area contributed by atoms with E-state index in [9.17, 15) is 5.26 Å². The number of rotatable bonds is 4. The monoisotopic (exact) mass is 435 g/mol. The smallest absolute Gasteiger partial charge is 0.150 e. The molecule has 9 nitrogen and oxygen atoms in total. The molecule has 0 saturated carbocycles. The summed E-state index contributed by atoms with van der Waals surface area (Å²) in [4.78, 5) is 5.01. The summed E-state index contributed by atoms with van der Waals surface area (Å²) in [5.41, 5.74) is 3.99. The van der Waals surface area contributed by atoms with E-state index in [1.54, 1.807) is 6.20 Å². The van der Waals surface area contributed by atoms with Gasteiger partial charge >= 0.3 is 0 Å². The number of fused-ring (bicyclic) bond motifs is 1. The van der Waals surface area contributed by atoms with Gasteiger partial charge in [-0.1, -0.05) is 0 Å². The Morgan fingerprint density at radius 2 is 2.12 bits per heavy atom. The maximum atomic E-state index is 9.89. The Balaban J connectivity index is 1.68. The normalized spacial score (nSPS) is 24.5. The predicted octanol–water partition coefficient (Wildman–Crippen LogP) is 3.37. The second-order valence-electron chi connectivity index (χ2n) is 9.14. The highest BCUT2D eigenvalue weighted by Crippen LogP contribution is 2.37. The number of hydrogen-bond donors (Lipinski definition) is 2. The molecule has 3 atom stereocenters. The molecule has 2 fully saturated rings. The minimum absolute atomic E-state index is 0.107. The van der Waals surface area contributed by atoms with Crippen molar-refractivity contribution in [2.45, 2.75) is 63.8 Å². The van der Waals surface area contributed by atoms with E-state index >= 15 is 0 Å². The zero-order chi connectivity index (χ0) is 22.3. The van der Waals surface area contributed by atoms with Gasteiger partial charge in [0, 0.05) is 31.0 Å². The lowest BCUT2D eigenvalue weighted by atomic mass is 9.84. The molecule has 2 aliphatic heterocycles. The molecule has 3 aromatic rings. The van der Waals surface area contributed by atoms with Gasteiger partial charge in [-0.15, -0.1) is 0 Å². The first kappa shape index (κ1) is 21.1. The standard InChI is InChI=1S/C23H29N7O2/c1-14-22(32-11-9-25-14)16-12-15(23(2,3)13-24)19-21(27-16)20(29-28-19)17-7-8-26-30(17)18-6-4-5-10-31-18/h7-8,12,14,18,22,25H,4-6,9-11H2,1-3H3,(H,28,29)/t14?,18?,22-/m1/s1. The topological polar surface area (TPSA) is 114 Å². The molecule has 0 aromatic carbocycles. The largest absolute Gasteiger partial charge is 0.369 e. The van der Waals surface area contributed by atoms with Crippen LogP contribution in [0.15, 0.2) is 18.3 Å². The van der Waals surface area contributed by atoms with Crippen LogP contribution in [0.1, 0.15) is 63.6 Å². The molecule has 0 bridgehead atoms. The lowest BCUT2D eigenvalue weighted by Gasteiger charge is -2.30.